The fourth-order valence-electron chi connectivity index (χ4n) is 2.69. The largest absolute Gasteiger partial charge is 0.450 e. The molecule has 3 rings (SSSR count). The van der Waals surface area contributed by atoms with Crippen LogP contribution < -0.4 is 10.2 Å². The van der Waals surface area contributed by atoms with Gasteiger partial charge < -0.3 is 19.9 Å². The number of benzene rings is 1. The van der Waals surface area contributed by atoms with E-state index in [0.29, 0.717) is 38.7 Å². The highest BCUT2D eigenvalue weighted by Gasteiger charge is 2.23. The molecule has 1 aromatic carbocycles. The summed E-state index contributed by atoms with van der Waals surface area (Å²) < 4.78 is 5.04. The number of nitrogens with one attached hydrogen (secondary N) is 1. The van der Waals surface area contributed by atoms with Crippen LogP contribution in [0.2, 0.25) is 0 Å². The molecule has 1 amide bonds. The van der Waals surface area contributed by atoms with Crippen LogP contribution in [0.15, 0.2) is 30.5 Å². The second kappa shape index (κ2) is 7.78. The number of aromatic nitrogens is 3. The van der Waals surface area contributed by atoms with E-state index in [1.165, 1.54) is 0 Å². The number of hydrogen-bond donors (Lipinski definition) is 1. The quantitative estimate of drug-likeness (QED) is 0.912. The molecule has 0 bridgehead atoms. The van der Waals surface area contributed by atoms with Gasteiger partial charge >= 0.3 is 6.09 Å². The summed E-state index contributed by atoms with van der Waals surface area (Å²) in [6, 6.07) is 7.99. The SMILES string of the molecule is CCOC(=O)N1CCN(c2cnnc(Nc3cccc(C)c3)n2)CC1. The number of amides is 1. The third-order valence-electron chi connectivity index (χ3n) is 3.95. The van der Waals surface area contributed by atoms with Gasteiger partial charge in [0, 0.05) is 31.9 Å². The summed E-state index contributed by atoms with van der Waals surface area (Å²) in [4.78, 5) is 20.1. The second-order valence-corrected chi connectivity index (χ2v) is 5.81. The topological polar surface area (TPSA) is 83.5 Å². The van der Waals surface area contributed by atoms with Crippen molar-refractivity contribution in [2.75, 3.05) is 43.0 Å². The van der Waals surface area contributed by atoms with E-state index in [0.717, 1.165) is 17.1 Å². The molecule has 1 aliphatic rings. The van der Waals surface area contributed by atoms with E-state index in [9.17, 15) is 4.79 Å². The molecule has 1 N–H and O–H groups in total. The third-order valence-corrected chi connectivity index (χ3v) is 3.95. The van der Waals surface area contributed by atoms with Crippen molar-refractivity contribution in [3.05, 3.63) is 36.0 Å². The van der Waals surface area contributed by atoms with E-state index in [2.05, 4.69) is 25.4 Å². The van der Waals surface area contributed by atoms with E-state index in [1.54, 1.807) is 11.1 Å². The summed E-state index contributed by atoms with van der Waals surface area (Å²) >= 11 is 0. The first-order valence-corrected chi connectivity index (χ1v) is 8.36. The van der Waals surface area contributed by atoms with Crippen molar-refractivity contribution in [1.82, 2.24) is 20.1 Å². The van der Waals surface area contributed by atoms with Crippen LogP contribution >= 0.6 is 0 Å². The summed E-state index contributed by atoms with van der Waals surface area (Å²) in [5, 5.41) is 11.3. The zero-order chi connectivity index (χ0) is 17.6. The molecule has 1 saturated heterocycles. The lowest BCUT2D eigenvalue weighted by molar-refractivity contribution is 0.105. The van der Waals surface area contributed by atoms with Crippen LogP contribution in [-0.2, 0) is 4.74 Å². The van der Waals surface area contributed by atoms with Gasteiger partial charge in [-0.1, -0.05) is 12.1 Å². The first-order chi connectivity index (χ1) is 12.2. The van der Waals surface area contributed by atoms with Crippen molar-refractivity contribution in [2.24, 2.45) is 0 Å². The highest BCUT2D eigenvalue weighted by atomic mass is 16.6. The summed E-state index contributed by atoms with van der Waals surface area (Å²) in [5.74, 6) is 1.20. The molecular weight excluding hydrogens is 320 g/mol. The Morgan fingerprint density at radius 3 is 2.80 bits per heavy atom. The van der Waals surface area contributed by atoms with Crippen molar-refractivity contribution < 1.29 is 9.53 Å². The number of anilines is 3. The van der Waals surface area contributed by atoms with Gasteiger partial charge in [0.2, 0.25) is 5.95 Å². The van der Waals surface area contributed by atoms with Crippen LogP contribution in [0, 0.1) is 6.92 Å². The summed E-state index contributed by atoms with van der Waals surface area (Å²) in [6.07, 6.45) is 1.38. The Bertz CT molecular complexity index is 731. The van der Waals surface area contributed by atoms with Crippen molar-refractivity contribution in [3.8, 4) is 0 Å². The zero-order valence-corrected chi connectivity index (χ0v) is 14.5. The molecule has 2 aromatic rings. The number of nitrogens with zero attached hydrogens (tertiary/aromatic N) is 5. The maximum Gasteiger partial charge on any atom is 0.409 e. The van der Waals surface area contributed by atoms with Crippen molar-refractivity contribution in [2.45, 2.75) is 13.8 Å². The van der Waals surface area contributed by atoms with Gasteiger partial charge in [-0.3, -0.25) is 0 Å². The number of aryl methyl sites for hydroxylation is 1. The van der Waals surface area contributed by atoms with Gasteiger partial charge in [0.05, 0.1) is 12.8 Å². The number of carbonyl (C=O) groups is 1. The molecule has 1 aliphatic heterocycles. The molecule has 2 heterocycles. The predicted octanol–water partition coefficient (Wildman–Crippen LogP) is 2.20. The van der Waals surface area contributed by atoms with E-state index < -0.39 is 0 Å². The third kappa shape index (κ3) is 4.34. The Kier molecular flexibility index (Phi) is 5.27. The second-order valence-electron chi connectivity index (χ2n) is 5.81. The predicted molar refractivity (Wildman–Crippen MR) is 95.1 cm³/mol. The van der Waals surface area contributed by atoms with E-state index in [-0.39, 0.29) is 6.09 Å². The minimum atomic E-state index is -0.259. The van der Waals surface area contributed by atoms with Crippen molar-refractivity contribution >= 4 is 23.5 Å². The maximum atomic E-state index is 11.8. The Morgan fingerprint density at radius 2 is 2.08 bits per heavy atom. The molecule has 1 aromatic heterocycles. The molecule has 0 radical (unpaired) electrons. The molecule has 132 valence electrons. The Morgan fingerprint density at radius 1 is 1.28 bits per heavy atom. The molecule has 8 heteroatoms. The summed E-state index contributed by atoms with van der Waals surface area (Å²) in [6.45, 7) is 6.80. The first kappa shape index (κ1) is 16.9. The van der Waals surface area contributed by atoms with Gasteiger partial charge in [0.25, 0.3) is 0 Å². The lowest BCUT2D eigenvalue weighted by Crippen LogP contribution is -2.49. The molecule has 25 heavy (non-hydrogen) atoms. The van der Waals surface area contributed by atoms with Crippen LogP contribution in [0.25, 0.3) is 0 Å². The standard InChI is InChI=1S/C17H22N6O2/c1-3-25-17(24)23-9-7-22(8-10-23)15-12-18-21-16(20-15)19-14-6-4-5-13(2)11-14/h4-6,11-12H,3,7-10H2,1-2H3,(H,19,20,21). The molecule has 1 fully saturated rings. The average Bonchev–Trinajstić information content (AvgIpc) is 2.62. The highest BCUT2D eigenvalue weighted by molar-refractivity contribution is 5.68. The molecular formula is C17H22N6O2. The fourth-order valence-corrected chi connectivity index (χ4v) is 2.69. The monoisotopic (exact) mass is 342 g/mol. The van der Waals surface area contributed by atoms with Crippen LogP contribution in [0.5, 0.6) is 0 Å². The Labute approximate surface area is 146 Å². The zero-order valence-electron chi connectivity index (χ0n) is 14.5. The molecule has 0 aliphatic carbocycles. The van der Waals surface area contributed by atoms with Gasteiger partial charge in [-0.25, -0.2) is 4.79 Å². The Hall–Kier alpha value is -2.90. The minimum Gasteiger partial charge on any atom is -0.450 e. The molecule has 8 nitrogen and oxygen atoms in total. The fraction of sp³-hybridized carbons (Fsp3) is 0.412. The van der Waals surface area contributed by atoms with Gasteiger partial charge in [-0.2, -0.15) is 10.1 Å². The van der Waals surface area contributed by atoms with E-state index in [4.69, 9.17) is 4.74 Å². The summed E-state index contributed by atoms with van der Waals surface area (Å²) in [5.41, 5.74) is 2.08. The molecule has 0 spiro atoms. The van der Waals surface area contributed by atoms with Crippen molar-refractivity contribution in [1.29, 1.82) is 0 Å². The maximum absolute atomic E-state index is 11.8. The van der Waals surface area contributed by atoms with Crippen LogP contribution in [0.4, 0.5) is 22.2 Å². The van der Waals surface area contributed by atoms with Crippen LogP contribution in [0.3, 0.4) is 0 Å². The van der Waals surface area contributed by atoms with Crippen LogP contribution in [-0.4, -0.2) is 59.0 Å². The molecule has 0 atom stereocenters. The normalized spacial score (nSPS) is 14.3. The number of piperazine rings is 1. The Balaban J connectivity index is 1.63. The smallest absolute Gasteiger partial charge is 0.409 e. The van der Waals surface area contributed by atoms with Gasteiger partial charge in [-0.05, 0) is 31.5 Å². The van der Waals surface area contributed by atoms with E-state index in [1.807, 2.05) is 38.1 Å². The average molecular weight is 342 g/mol. The molecule has 0 unspecified atom stereocenters. The summed E-state index contributed by atoms with van der Waals surface area (Å²) in [7, 11) is 0. The number of hydrogen-bond acceptors (Lipinski definition) is 7. The van der Waals surface area contributed by atoms with Gasteiger partial charge in [0.1, 0.15) is 0 Å². The van der Waals surface area contributed by atoms with Gasteiger partial charge in [-0.15, -0.1) is 5.10 Å². The number of ether oxygens (including phenoxy) is 1. The molecule has 0 saturated carbocycles. The highest BCUT2D eigenvalue weighted by Crippen LogP contribution is 2.17. The number of rotatable bonds is 4. The van der Waals surface area contributed by atoms with Crippen LogP contribution in [0.1, 0.15) is 12.5 Å². The first-order valence-electron chi connectivity index (χ1n) is 8.36. The number of carbonyl (C=O) groups excluding carboxylic acids is 1. The van der Waals surface area contributed by atoms with Gasteiger partial charge in [0.15, 0.2) is 5.82 Å². The lowest BCUT2D eigenvalue weighted by Gasteiger charge is -2.34. The minimum absolute atomic E-state index is 0.259. The lowest BCUT2D eigenvalue weighted by atomic mass is 10.2. The van der Waals surface area contributed by atoms with Crippen molar-refractivity contribution in [3.63, 3.8) is 0 Å². The van der Waals surface area contributed by atoms with E-state index >= 15 is 0 Å².